The number of hydrogen-bond acceptors (Lipinski definition) is 4. The molecule has 4 nitrogen and oxygen atoms in total. The average molecular weight is 439 g/mol. The molecule has 4 unspecified atom stereocenters. The predicted molar refractivity (Wildman–Crippen MR) is 129 cm³/mol. The molecule has 0 spiro atoms. The Morgan fingerprint density at radius 1 is 0.625 bits per heavy atom. The lowest BCUT2D eigenvalue weighted by atomic mass is 9.98. The fourth-order valence-electron chi connectivity index (χ4n) is 3.31. The van der Waals surface area contributed by atoms with E-state index in [-0.39, 0.29) is 0 Å². The van der Waals surface area contributed by atoms with E-state index in [4.69, 9.17) is 9.47 Å². The van der Waals surface area contributed by atoms with Crippen molar-refractivity contribution in [3.8, 4) is 0 Å². The molecule has 0 saturated heterocycles. The summed E-state index contributed by atoms with van der Waals surface area (Å²) < 4.78 is 11.1. The Hall–Kier alpha value is -2.62. The summed E-state index contributed by atoms with van der Waals surface area (Å²) >= 11 is 0. The third-order valence-corrected chi connectivity index (χ3v) is 6.19. The molecule has 0 fully saturated rings. The molecule has 0 amide bonds. The van der Waals surface area contributed by atoms with Gasteiger partial charge in [-0.25, -0.2) is 9.59 Å². The highest BCUT2D eigenvalue weighted by Crippen LogP contribution is 2.16. The molecule has 4 atom stereocenters. The topological polar surface area (TPSA) is 52.6 Å². The number of carbonyl (C=O) groups excluding carboxylic acids is 2. The van der Waals surface area contributed by atoms with Crippen LogP contribution in [0, 0.1) is 11.8 Å². The number of hydrogen-bond donors (Lipinski definition) is 0. The van der Waals surface area contributed by atoms with Gasteiger partial charge in [-0.1, -0.05) is 64.8 Å². The zero-order valence-corrected chi connectivity index (χ0v) is 20.4. The number of rotatable bonds is 11. The van der Waals surface area contributed by atoms with E-state index in [9.17, 15) is 9.59 Å². The van der Waals surface area contributed by atoms with E-state index in [1.165, 1.54) is 11.1 Å². The average Bonchev–Trinajstić information content (AvgIpc) is 2.79. The van der Waals surface area contributed by atoms with Crippen LogP contribution in [0.15, 0.2) is 48.5 Å². The third-order valence-electron chi connectivity index (χ3n) is 6.19. The van der Waals surface area contributed by atoms with E-state index in [1.54, 1.807) is 38.1 Å². The molecular weight excluding hydrogens is 400 g/mol. The van der Waals surface area contributed by atoms with Crippen molar-refractivity contribution < 1.29 is 19.1 Å². The zero-order valence-electron chi connectivity index (χ0n) is 20.4. The van der Waals surface area contributed by atoms with Crippen LogP contribution >= 0.6 is 0 Å². The van der Waals surface area contributed by atoms with Gasteiger partial charge in [0.05, 0.1) is 11.1 Å². The third kappa shape index (κ3) is 7.81. The molecule has 0 bridgehead atoms. The van der Waals surface area contributed by atoms with Crippen molar-refractivity contribution in [2.24, 2.45) is 11.8 Å². The van der Waals surface area contributed by atoms with Crippen LogP contribution in [-0.4, -0.2) is 24.1 Å². The maximum Gasteiger partial charge on any atom is 0.338 e. The van der Waals surface area contributed by atoms with Crippen molar-refractivity contribution in [3.05, 3.63) is 70.8 Å². The molecule has 0 aromatic heterocycles. The Morgan fingerprint density at radius 3 is 1.22 bits per heavy atom. The summed E-state index contributed by atoms with van der Waals surface area (Å²) in [7, 11) is 0. The summed E-state index contributed by atoms with van der Waals surface area (Å²) in [6, 6.07) is 15.1. The molecule has 32 heavy (non-hydrogen) atoms. The van der Waals surface area contributed by atoms with E-state index in [2.05, 4.69) is 27.7 Å². The van der Waals surface area contributed by atoms with Crippen molar-refractivity contribution >= 4 is 11.9 Å². The van der Waals surface area contributed by atoms with Crippen LogP contribution in [0.2, 0.25) is 0 Å². The molecule has 174 valence electrons. The molecule has 2 rings (SSSR count). The number of benzene rings is 2. The van der Waals surface area contributed by atoms with Gasteiger partial charge in [0, 0.05) is 0 Å². The van der Waals surface area contributed by atoms with Crippen LogP contribution in [0.5, 0.6) is 0 Å². The number of ether oxygens (including phenoxy) is 2. The minimum absolute atomic E-state index is 0.412. The van der Waals surface area contributed by atoms with E-state index in [1.807, 2.05) is 24.3 Å². The minimum Gasteiger partial charge on any atom is -0.455 e. The second-order valence-electron chi connectivity index (χ2n) is 9.05. The van der Waals surface area contributed by atoms with E-state index in [0.717, 1.165) is 25.7 Å². The molecule has 0 N–H and O–H groups in total. The molecule has 4 heteroatoms. The summed E-state index contributed by atoms with van der Waals surface area (Å²) in [5, 5.41) is 0. The first-order valence-corrected chi connectivity index (χ1v) is 11.8. The molecule has 0 radical (unpaired) electrons. The van der Waals surface area contributed by atoms with Gasteiger partial charge in [0.15, 0.2) is 0 Å². The minimum atomic E-state index is -0.559. The van der Waals surface area contributed by atoms with Crippen LogP contribution < -0.4 is 0 Å². The molecule has 0 aliphatic carbocycles. The first-order valence-electron chi connectivity index (χ1n) is 11.8. The smallest absolute Gasteiger partial charge is 0.338 e. The van der Waals surface area contributed by atoms with Gasteiger partial charge in [0.2, 0.25) is 0 Å². The van der Waals surface area contributed by atoms with E-state index >= 15 is 0 Å². The highest BCUT2D eigenvalue weighted by atomic mass is 16.6. The normalized spacial score (nSPS) is 14.8. The van der Waals surface area contributed by atoms with Gasteiger partial charge in [-0.15, -0.1) is 0 Å². The van der Waals surface area contributed by atoms with Gasteiger partial charge in [-0.3, -0.25) is 0 Å². The van der Waals surface area contributed by atoms with Crippen LogP contribution in [0.4, 0.5) is 0 Å². The number of esters is 2. The Balaban J connectivity index is 1.88. The fourth-order valence-corrected chi connectivity index (χ4v) is 3.31. The number of carbonyl (C=O) groups is 2. The second-order valence-corrected chi connectivity index (χ2v) is 9.05. The van der Waals surface area contributed by atoms with Gasteiger partial charge in [-0.2, -0.15) is 0 Å². The molecule has 0 aliphatic rings. The lowest BCUT2D eigenvalue weighted by Gasteiger charge is -2.21. The SMILES string of the molecule is CCC(C)Cc1ccc(C(=O)OC(C)C(C)OC(=O)c2ccc(CC(C)CC)cc2)cc1. The standard InChI is InChI=1S/C28H38O4/c1-7-19(3)17-23-9-13-25(14-10-23)27(29)31-21(5)22(6)32-28(30)26-15-11-24(12-16-26)18-20(4)8-2/h9-16,19-22H,7-8,17-18H2,1-6H3. The first-order chi connectivity index (χ1) is 15.2. The van der Waals surface area contributed by atoms with Crippen LogP contribution in [-0.2, 0) is 22.3 Å². The van der Waals surface area contributed by atoms with E-state index < -0.39 is 24.1 Å². The highest BCUT2D eigenvalue weighted by Gasteiger charge is 2.22. The van der Waals surface area contributed by atoms with Gasteiger partial charge >= 0.3 is 11.9 Å². The summed E-state index contributed by atoms with van der Waals surface area (Å²) in [4.78, 5) is 25.0. The Kier molecular flexibility index (Phi) is 9.96. The lowest BCUT2D eigenvalue weighted by molar-refractivity contribution is -0.0239. The van der Waals surface area contributed by atoms with E-state index in [0.29, 0.717) is 23.0 Å². The van der Waals surface area contributed by atoms with Gasteiger partial charge in [0.25, 0.3) is 0 Å². The van der Waals surface area contributed by atoms with Crippen molar-refractivity contribution in [1.29, 1.82) is 0 Å². The fraction of sp³-hybridized carbons (Fsp3) is 0.500. The van der Waals surface area contributed by atoms with Crippen molar-refractivity contribution in [2.45, 2.75) is 79.4 Å². The van der Waals surface area contributed by atoms with Gasteiger partial charge < -0.3 is 9.47 Å². The Labute approximate surface area is 193 Å². The maximum atomic E-state index is 12.5. The maximum absolute atomic E-state index is 12.5. The second kappa shape index (κ2) is 12.4. The van der Waals surface area contributed by atoms with Crippen molar-refractivity contribution in [3.63, 3.8) is 0 Å². The summed E-state index contributed by atoms with van der Waals surface area (Å²) in [6.45, 7) is 12.3. The Bertz CT molecular complexity index is 781. The molecule has 2 aromatic carbocycles. The molecule has 0 heterocycles. The van der Waals surface area contributed by atoms with Crippen LogP contribution in [0.25, 0.3) is 0 Å². The Morgan fingerprint density at radius 2 is 0.938 bits per heavy atom. The molecule has 0 aliphatic heterocycles. The molecule has 2 aromatic rings. The summed E-state index contributed by atoms with van der Waals surface area (Å²) in [6.07, 6.45) is 3.12. The molecule has 0 saturated carbocycles. The van der Waals surface area contributed by atoms with Crippen molar-refractivity contribution in [1.82, 2.24) is 0 Å². The van der Waals surface area contributed by atoms with Crippen molar-refractivity contribution in [2.75, 3.05) is 0 Å². The largest absolute Gasteiger partial charge is 0.455 e. The van der Waals surface area contributed by atoms with Crippen LogP contribution in [0.3, 0.4) is 0 Å². The summed E-state index contributed by atoms with van der Waals surface area (Å²) in [5.74, 6) is 0.397. The van der Waals surface area contributed by atoms with Gasteiger partial charge in [-0.05, 0) is 73.9 Å². The highest BCUT2D eigenvalue weighted by molar-refractivity contribution is 5.90. The summed E-state index contributed by atoms with van der Waals surface area (Å²) in [5.41, 5.74) is 3.42. The van der Waals surface area contributed by atoms with Crippen LogP contribution in [0.1, 0.15) is 86.2 Å². The quantitative estimate of drug-likeness (QED) is 0.368. The first kappa shape index (κ1) is 25.6. The van der Waals surface area contributed by atoms with Gasteiger partial charge in [0.1, 0.15) is 12.2 Å². The molecular formula is C28H38O4. The lowest BCUT2D eigenvalue weighted by Crippen LogP contribution is -2.30. The predicted octanol–water partition coefficient (Wildman–Crippen LogP) is 6.65. The zero-order chi connectivity index (χ0) is 23.7. The monoisotopic (exact) mass is 438 g/mol.